The zero-order valence-electron chi connectivity index (χ0n) is 6.42. The van der Waals surface area contributed by atoms with E-state index in [1.807, 2.05) is 0 Å². The van der Waals surface area contributed by atoms with Crippen LogP contribution in [0.15, 0.2) is 18.5 Å². The molecule has 64 valence electrons. The van der Waals surface area contributed by atoms with Gasteiger partial charge in [-0.2, -0.15) is 5.10 Å². The Morgan fingerprint density at radius 2 is 2.50 bits per heavy atom. The number of amides is 1. The van der Waals surface area contributed by atoms with Gasteiger partial charge in [-0.05, 0) is 6.07 Å². The van der Waals surface area contributed by atoms with Gasteiger partial charge < -0.3 is 5.11 Å². The van der Waals surface area contributed by atoms with Gasteiger partial charge in [-0.25, -0.2) is 9.48 Å². The minimum absolute atomic E-state index is 0.0856. The Hall–Kier alpha value is -1.52. The molecule has 1 amide bonds. The summed E-state index contributed by atoms with van der Waals surface area (Å²) in [5, 5.41) is 12.7. The first-order chi connectivity index (χ1) is 5.79. The summed E-state index contributed by atoms with van der Waals surface area (Å²) >= 11 is 0. The van der Waals surface area contributed by atoms with E-state index in [-0.39, 0.29) is 6.17 Å². The van der Waals surface area contributed by atoms with Gasteiger partial charge in [0.25, 0.3) is 0 Å². The topological polar surface area (TPSA) is 58.4 Å². The summed E-state index contributed by atoms with van der Waals surface area (Å²) in [5.74, 6) is 0. The summed E-state index contributed by atoms with van der Waals surface area (Å²) < 4.78 is 1.66. The van der Waals surface area contributed by atoms with Crippen LogP contribution < -0.4 is 0 Å². The maximum absolute atomic E-state index is 10.6. The number of hydrogen-bond donors (Lipinski definition) is 1. The third-order valence-corrected chi connectivity index (χ3v) is 2.06. The first-order valence-corrected chi connectivity index (χ1v) is 3.78. The Labute approximate surface area is 69.2 Å². The maximum atomic E-state index is 10.6. The summed E-state index contributed by atoms with van der Waals surface area (Å²) in [6, 6.07) is 1.79. The van der Waals surface area contributed by atoms with Gasteiger partial charge in [0, 0.05) is 25.4 Å². The van der Waals surface area contributed by atoms with Gasteiger partial charge in [-0.1, -0.05) is 0 Å². The predicted molar refractivity (Wildman–Crippen MR) is 40.6 cm³/mol. The molecule has 12 heavy (non-hydrogen) atoms. The maximum Gasteiger partial charge on any atom is 0.409 e. The van der Waals surface area contributed by atoms with Crippen LogP contribution in [0.4, 0.5) is 4.79 Å². The molecule has 1 saturated heterocycles. The lowest BCUT2D eigenvalue weighted by atomic mass is 10.2. The van der Waals surface area contributed by atoms with E-state index in [9.17, 15) is 4.79 Å². The minimum atomic E-state index is -0.873. The van der Waals surface area contributed by atoms with E-state index in [0.717, 1.165) is 6.42 Å². The molecule has 1 unspecified atom stereocenters. The van der Waals surface area contributed by atoms with Crippen molar-refractivity contribution < 1.29 is 9.90 Å². The number of carbonyl (C=O) groups is 1. The van der Waals surface area contributed by atoms with Crippen LogP contribution >= 0.6 is 0 Å². The Bertz CT molecular complexity index is 283. The third kappa shape index (κ3) is 0.939. The molecule has 1 aliphatic rings. The Kier molecular flexibility index (Phi) is 1.49. The lowest BCUT2D eigenvalue weighted by Gasteiger charge is -2.38. The van der Waals surface area contributed by atoms with Crippen molar-refractivity contribution in [2.45, 2.75) is 12.6 Å². The highest BCUT2D eigenvalue weighted by Gasteiger charge is 2.33. The second-order valence-corrected chi connectivity index (χ2v) is 2.73. The van der Waals surface area contributed by atoms with Crippen LogP contribution in [-0.2, 0) is 0 Å². The van der Waals surface area contributed by atoms with E-state index in [0.29, 0.717) is 6.54 Å². The number of aromatic nitrogens is 2. The van der Waals surface area contributed by atoms with Gasteiger partial charge in [0.15, 0.2) is 0 Å². The van der Waals surface area contributed by atoms with Crippen molar-refractivity contribution in [1.82, 2.24) is 14.7 Å². The highest BCUT2D eigenvalue weighted by atomic mass is 16.4. The van der Waals surface area contributed by atoms with Gasteiger partial charge in [0.05, 0.1) is 0 Å². The number of nitrogens with zero attached hydrogens (tertiary/aromatic N) is 3. The standard InChI is InChI=1S/C7H9N3O2/c11-7(12)9-5-2-6(9)10-4-1-3-8-10/h1,3-4,6H,2,5H2,(H,11,12). The molecule has 0 radical (unpaired) electrons. The molecule has 0 spiro atoms. The van der Waals surface area contributed by atoms with Crippen LogP contribution in [0, 0.1) is 0 Å². The third-order valence-electron chi connectivity index (χ3n) is 2.06. The van der Waals surface area contributed by atoms with Crippen LogP contribution in [0.2, 0.25) is 0 Å². The summed E-state index contributed by atoms with van der Waals surface area (Å²) in [4.78, 5) is 11.9. The van der Waals surface area contributed by atoms with Crippen molar-refractivity contribution in [2.24, 2.45) is 0 Å². The number of rotatable bonds is 1. The average molecular weight is 167 g/mol. The molecule has 0 aliphatic carbocycles. The fourth-order valence-electron chi connectivity index (χ4n) is 1.33. The summed E-state index contributed by atoms with van der Waals surface area (Å²) in [7, 11) is 0. The fourth-order valence-corrected chi connectivity index (χ4v) is 1.33. The van der Waals surface area contributed by atoms with Crippen molar-refractivity contribution in [3.05, 3.63) is 18.5 Å². The fraction of sp³-hybridized carbons (Fsp3) is 0.429. The molecule has 2 rings (SSSR count). The molecule has 1 aliphatic heterocycles. The summed E-state index contributed by atoms with van der Waals surface area (Å²) in [5.41, 5.74) is 0. The molecule has 2 heterocycles. The van der Waals surface area contributed by atoms with Crippen molar-refractivity contribution in [3.8, 4) is 0 Å². The molecule has 0 aromatic carbocycles. The Morgan fingerprint density at radius 1 is 1.67 bits per heavy atom. The van der Waals surface area contributed by atoms with E-state index < -0.39 is 6.09 Å². The van der Waals surface area contributed by atoms with Crippen LogP contribution in [0.1, 0.15) is 12.6 Å². The molecule has 1 aromatic rings. The predicted octanol–water partition coefficient (Wildman–Crippen LogP) is 0.765. The van der Waals surface area contributed by atoms with Crippen LogP contribution in [0.25, 0.3) is 0 Å². The SMILES string of the molecule is O=C(O)N1CCC1n1cccn1. The van der Waals surface area contributed by atoms with E-state index in [1.165, 1.54) is 4.90 Å². The lowest BCUT2D eigenvalue weighted by molar-refractivity contribution is 0.0327. The zero-order chi connectivity index (χ0) is 8.55. The molecule has 5 nitrogen and oxygen atoms in total. The lowest BCUT2D eigenvalue weighted by Crippen LogP contribution is -2.47. The highest BCUT2D eigenvalue weighted by Crippen LogP contribution is 2.26. The van der Waals surface area contributed by atoms with Gasteiger partial charge in [-0.3, -0.25) is 4.90 Å². The smallest absolute Gasteiger partial charge is 0.409 e. The first-order valence-electron chi connectivity index (χ1n) is 3.78. The van der Waals surface area contributed by atoms with Crippen molar-refractivity contribution in [3.63, 3.8) is 0 Å². The largest absolute Gasteiger partial charge is 0.465 e. The normalized spacial score (nSPS) is 22.0. The van der Waals surface area contributed by atoms with Crippen molar-refractivity contribution >= 4 is 6.09 Å². The highest BCUT2D eigenvalue weighted by molar-refractivity contribution is 5.66. The molecule has 0 saturated carbocycles. The van der Waals surface area contributed by atoms with E-state index in [1.54, 1.807) is 23.1 Å². The van der Waals surface area contributed by atoms with Crippen LogP contribution in [-0.4, -0.2) is 32.4 Å². The second-order valence-electron chi connectivity index (χ2n) is 2.73. The van der Waals surface area contributed by atoms with Crippen molar-refractivity contribution in [2.75, 3.05) is 6.54 Å². The minimum Gasteiger partial charge on any atom is -0.465 e. The van der Waals surface area contributed by atoms with Crippen LogP contribution in [0.5, 0.6) is 0 Å². The van der Waals surface area contributed by atoms with E-state index in [4.69, 9.17) is 5.11 Å². The van der Waals surface area contributed by atoms with Crippen molar-refractivity contribution in [1.29, 1.82) is 0 Å². The first kappa shape index (κ1) is 7.15. The molecule has 5 heteroatoms. The van der Waals surface area contributed by atoms with E-state index >= 15 is 0 Å². The summed E-state index contributed by atoms with van der Waals surface area (Å²) in [6.45, 7) is 0.611. The molecule has 1 aromatic heterocycles. The molecule has 1 fully saturated rings. The van der Waals surface area contributed by atoms with Crippen LogP contribution in [0.3, 0.4) is 0 Å². The van der Waals surface area contributed by atoms with Gasteiger partial charge in [0.1, 0.15) is 6.17 Å². The monoisotopic (exact) mass is 167 g/mol. The molecule has 1 N–H and O–H groups in total. The summed E-state index contributed by atoms with van der Waals surface area (Å²) in [6.07, 6.45) is 3.32. The number of carboxylic acid groups (broad SMARTS) is 1. The molecule has 0 bridgehead atoms. The zero-order valence-corrected chi connectivity index (χ0v) is 6.42. The second kappa shape index (κ2) is 2.51. The number of likely N-dealkylation sites (tertiary alicyclic amines) is 1. The quantitative estimate of drug-likeness (QED) is 0.671. The van der Waals surface area contributed by atoms with Gasteiger partial charge in [0.2, 0.25) is 0 Å². The van der Waals surface area contributed by atoms with Gasteiger partial charge >= 0.3 is 6.09 Å². The number of hydrogen-bond acceptors (Lipinski definition) is 2. The Morgan fingerprint density at radius 3 is 2.92 bits per heavy atom. The van der Waals surface area contributed by atoms with Gasteiger partial charge in [-0.15, -0.1) is 0 Å². The molecule has 1 atom stereocenters. The Balaban J connectivity index is 2.12. The van der Waals surface area contributed by atoms with E-state index in [2.05, 4.69) is 5.10 Å². The average Bonchev–Trinajstić information content (AvgIpc) is 2.35. The molecular formula is C7H9N3O2. The molecular weight excluding hydrogens is 158 g/mol.